The Morgan fingerprint density at radius 1 is 1.32 bits per heavy atom. The van der Waals surface area contributed by atoms with Crippen LogP contribution in [0.2, 0.25) is 0 Å². The third-order valence-electron chi connectivity index (χ3n) is 3.09. The van der Waals surface area contributed by atoms with E-state index >= 15 is 0 Å². The topological polar surface area (TPSA) is 87.9 Å². The minimum Gasteiger partial charge on any atom is -0.383 e. The Labute approximate surface area is 114 Å². The molecule has 1 aliphatic heterocycles. The first-order valence-corrected chi connectivity index (χ1v) is 6.60. The molecule has 1 aliphatic rings. The van der Waals surface area contributed by atoms with Gasteiger partial charge in [0.2, 0.25) is 11.8 Å². The van der Waals surface area contributed by atoms with Gasteiger partial charge in [0.25, 0.3) is 0 Å². The number of nitrogens with one attached hydrogen (secondary N) is 1. The molecule has 0 bridgehead atoms. The van der Waals surface area contributed by atoms with Crippen LogP contribution in [-0.4, -0.2) is 80.6 Å². The van der Waals surface area contributed by atoms with E-state index in [1.165, 1.54) is 7.11 Å². The monoisotopic (exact) mass is 272 g/mol. The molecular weight excluding hydrogens is 248 g/mol. The standard InChI is InChI=1S/C12H24N4O3/c1-3-14-11(17)8-15-4-6-16(7-5-15)12(18)10(13)9-19-2/h10H,3-9,13H2,1-2H3,(H,14,17). The number of hydrogen-bond acceptors (Lipinski definition) is 5. The summed E-state index contributed by atoms with van der Waals surface area (Å²) in [4.78, 5) is 27.2. The van der Waals surface area contributed by atoms with Gasteiger partial charge in [-0.15, -0.1) is 0 Å². The number of ether oxygens (including phenoxy) is 1. The highest BCUT2D eigenvalue weighted by molar-refractivity contribution is 5.82. The van der Waals surface area contributed by atoms with Crippen LogP contribution in [0.25, 0.3) is 0 Å². The second kappa shape index (κ2) is 8.08. The smallest absolute Gasteiger partial charge is 0.241 e. The molecule has 0 radical (unpaired) electrons. The Hall–Kier alpha value is -1.18. The summed E-state index contributed by atoms with van der Waals surface area (Å²) in [5.41, 5.74) is 5.72. The number of nitrogens with zero attached hydrogens (tertiary/aromatic N) is 2. The highest BCUT2D eigenvalue weighted by Crippen LogP contribution is 2.03. The van der Waals surface area contributed by atoms with Crippen molar-refractivity contribution < 1.29 is 14.3 Å². The Bertz CT molecular complexity index is 303. The van der Waals surface area contributed by atoms with Gasteiger partial charge >= 0.3 is 0 Å². The fourth-order valence-electron chi connectivity index (χ4n) is 2.07. The summed E-state index contributed by atoms with van der Waals surface area (Å²) in [6, 6.07) is -0.597. The lowest BCUT2D eigenvalue weighted by Crippen LogP contribution is -2.55. The van der Waals surface area contributed by atoms with E-state index in [0.29, 0.717) is 39.3 Å². The van der Waals surface area contributed by atoms with E-state index in [0.717, 1.165) is 0 Å². The van der Waals surface area contributed by atoms with Crippen LogP contribution in [0.4, 0.5) is 0 Å². The van der Waals surface area contributed by atoms with Gasteiger partial charge in [0.15, 0.2) is 0 Å². The molecule has 2 amide bonds. The van der Waals surface area contributed by atoms with Crippen molar-refractivity contribution in [3.8, 4) is 0 Å². The fraction of sp³-hybridized carbons (Fsp3) is 0.833. The third-order valence-corrected chi connectivity index (χ3v) is 3.09. The first kappa shape index (κ1) is 15.9. The Kier molecular flexibility index (Phi) is 6.75. The van der Waals surface area contributed by atoms with Gasteiger partial charge in [-0.3, -0.25) is 14.5 Å². The Morgan fingerprint density at radius 3 is 2.47 bits per heavy atom. The molecule has 1 heterocycles. The average molecular weight is 272 g/mol. The van der Waals surface area contributed by atoms with Gasteiger partial charge in [-0.1, -0.05) is 0 Å². The van der Waals surface area contributed by atoms with Crippen molar-refractivity contribution in [3.05, 3.63) is 0 Å². The predicted molar refractivity (Wildman–Crippen MR) is 71.6 cm³/mol. The molecule has 1 fully saturated rings. The van der Waals surface area contributed by atoms with Crippen molar-refractivity contribution in [2.24, 2.45) is 5.73 Å². The number of piperazine rings is 1. The first-order valence-electron chi connectivity index (χ1n) is 6.60. The number of rotatable bonds is 6. The lowest BCUT2D eigenvalue weighted by molar-refractivity contribution is -0.135. The van der Waals surface area contributed by atoms with Crippen LogP contribution in [0.15, 0.2) is 0 Å². The van der Waals surface area contributed by atoms with Crippen molar-refractivity contribution in [1.29, 1.82) is 0 Å². The van der Waals surface area contributed by atoms with E-state index in [9.17, 15) is 9.59 Å². The normalized spacial score (nSPS) is 18.2. The lowest BCUT2D eigenvalue weighted by atomic mass is 10.2. The number of carbonyl (C=O) groups excluding carboxylic acids is 2. The quantitative estimate of drug-likeness (QED) is 0.598. The molecule has 19 heavy (non-hydrogen) atoms. The molecule has 0 aromatic carbocycles. The van der Waals surface area contributed by atoms with Crippen LogP contribution in [-0.2, 0) is 14.3 Å². The summed E-state index contributed by atoms with van der Waals surface area (Å²) in [6.07, 6.45) is 0. The molecule has 1 unspecified atom stereocenters. The lowest BCUT2D eigenvalue weighted by Gasteiger charge is -2.35. The average Bonchev–Trinajstić information content (AvgIpc) is 2.39. The molecule has 1 atom stereocenters. The number of methoxy groups -OCH3 is 1. The second-order valence-electron chi connectivity index (χ2n) is 4.62. The van der Waals surface area contributed by atoms with Crippen LogP contribution in [0.3, 0.4) is 0 Å². The third kappa shape index (κ3) is 5.14. The van der Waals surface area contributed by atoms with Crippen LogP contribution in [0.5, 0.6) is 0 Å². The van der Waals surface area contributed by atoms with E-state index in [1.54, 1.807) is 4.90 Å². The fourth-order valence-corrected chi connectivity index (χ4v) is 2.07. The maximum absolute atomic E-state index is 11.9. The molecule has 0 aromatic rings. The summed E-state index contributed by atoms with van der Waals surface area (Å²) in [6.45, 7) is 5.77. The minimum atomic E-state index is -0.597. The Morgan fingerprint density at radius 2 is 1.95 bits per heavy atom. The maximum atomic E-state index is 11.9. The largest absolute Gasteiger partial charge is 0.383 e. The van der Waals surface area contributed by atoms with Gasteiger partial charge in [-0.25, -0.2) is 0 Å². The molecule has 0 aliphatic carbocycles. The molecule has 7 nitrogen and oxygen atoms in total. The molecule has 0 aromatic heterocycles. The maximum Gasteiger partial charge on any atom is 0.241 e. The molecule has 110 valence electrons. The van der Waals surface area contributed by atoms with E-state index in [4.69, 9.17) is 10.5 Å². The van der Waals surface area contributed by atoms with Gasteiger partial charge in [0.1, 0.15) is 6.04 Å². The predicted octanol–water partition coefficient (Wildman–Crippen LogP) is -1.76. The summed E-state index contributed by atoms with van der Waals surface area (Å²) in [5.74, 6) is -0.0575. The number of amides is 2. The molecule has 1 rings (SSSR count). The summed E-state index contributed by atoms with van der Waals surface area (Å²) >= 11 is 0. The van der Waals surface area contributed by atoms with Crippen molar-refractivity contribution in [1.82, 2.24) is 15.1 Å². The highest BCUT2D eigenvalue weighted by atomic mass is 16.5. The SMILES string of the molecule is CCNC(=O)CN1CCN(C(=O)C(N)COC)CC1. The van der Waals surface area contributed by atoms with Gasteiger partial charge in [-0.2, -0.15) is 0 Å². The first-order chi connectivity index (χ1) is 9.08. The van der Waals surface area contributed by atoms with E-state index in [1.807, 2.05) is 11.8 Å². The van der Waals surface area contributed by atoms with E-state index < -0.39 is 6.04 Å². The van der Waals surface area contributed by atoms with Gasteiger partial charge < -0.3 is 20.7 Å². The van der Waals surface area contributed by atoms with Crippen LogP contribution < -0.4 is 11.1 Å². The summed E-state index contributed by atoms with van der Waals surface area (Å²) < 4.78 is 4.88. The zero-order valence-corrected chi connectivity index (χ0v) is 11.7. The van der Waals surface area contributed by atoms with Crippen molar-refractivity contribution in [2.45, 2.75) is 13.0 Å². The second-order valence-corrected chi connectivity index (χ2v) is 4.62. The number of nitrogens with two attached hydrogens (primary N) is 1. The van der Waals surface area contributed by atoms with Gasteiger partial charge in [0, 0.05) is 39.8 Å². The number of carbonyl (C=O) groups is 2. The van der Waals surface area contributed by atoms with Crippen LogP contribution >= 0.6 is 0 Å². The minimum absolute atomic E-state index is 0.0263. The van der Waals surface area contributed by atoms with Gasteiger partial charge in [0.05, 0.1) is 13.2 Å². The highest BCUT2D eigenvalue weighted by Gasteiger charge is 2.25. The zero-order valence-electron chi connectivity index (χ0n) is 11.7. The Balaban J connectivity index is 2.32. The van der Waals surface area contributed by atoms with Crippen LogP contribution in [0.1, 0.15) is 6.92 Å². The van der Waals surface area contributed by atoms with Crippen molar-refractivity contribution >= 4 is 11.8 Å². The molecule has 0 spiro atoms. The number of likely N-dealkylation sites (N-methyl/N-ethyl adjacent to an activating group) is 1. The van der Waals surface area contributed by atoms with E-state index in [-0.39, 0.29) is 18.4 Å². The molecule has 7 heteroatoms. The zero-order chi connectivity index (χ0) is 14.3. The number of hydrogen-bond donors (Lipinski definition) is 2. The molecule has 3 N–H and O–H groups in total. The van der Waals surface area contributed by atoms with Crippen LogP contribution in [0, 0.1) is 0 Å². The molecule has 1 saturated heterocycles. The van der Waals surface area contributed by atoms with Crippen molar-refractivity contribution in [3.63, 3.8) is 0 Å². The molecular formula is C12H24N4O3. The van der Waals surface area contributed by atoms with Gasteiger partial charge in [-0.05, 0) is 6.92 Å². The summed E-state index contributed by atoms with van der Waals surface area (Å²) in [5, 5.41) is 2.76. The van der Waals surface area contributed by atoms with Crippen molar-refractivity contribution in [2.75, 3.05) is 53.0 Å². The molecule has 0 saturated carbocycles. The van der Waals surface area contributed by atoms with E-state index in [2.05, 4.69) is 5.32 Å². The summed E-state index contributed by atoms with van der Waals surface area (Å²) in [7, 11) is 1.53.